The number of thioether (sulfide) groups is 1. The molecule has 7 nitrogen and oxygen atoms in total. The van der Waals surface area contributed by atoms with Crippen molar-refractivity contribution < 1.29 is 4.79 Å². The number of carbonyl (C=O) groups excluding carboxylic acids is 1. The number of aromatic nitrogens is 4. The zero-order valence-corrected chi connectivity index (χ0v) is 20.1. The Kier molecular flexibility index (Phi) is 6.76. The van der Waals surface area contributed by atoms with E-state index >= 15 is 0 Å². The van der Waals surface area contributed by atoms with E-state index in [0.29, 0.717) is 18.7 Å². The zero-order valence-electron chi connectivity index (χ0n) is 19.3. The first-order valence-corrected chi connectivity index (χ1v) is 12.9. The van der Waals surface area contributed by atoms with Gasteiger partial charge in [0.15, 0.2) is 10.8 Å². The fourth-order valence-electron chi connectivity index (χ4n) is 4.34. The van der Waals surface area contributed by atoms with Crippen LogP contribution in [0.25, 0.3) is 22.2 Å². The van der Waals surface area contributed by atoms with E-state index in [2.05, 4.69) is 27.4 Å². The number of nitrogens with one attached hydrogen (secondary N) is 1. The second kappa shape index (κ2) is 10.3. The van der Waals surface area contributed by atoms with Crippen LogP contribution in [0.5, 0.6) is 0 Å². The molecule has 8 heteroatoms. The van der Waals surface area contributed by atoms with E-state index < -0.39 is 0 Å². The first-order valence-electron chi connectivity index (χ1n) is 11.7. The summed E-state index contributed by atoms with van der Waals surface area (Å²) in [6, 6.07) is 17.8. The number of nitrogens with zero attached hydrogens (tertiary/aromatic N) is 5. The summed E-state index contributed by atoms with van der Waals surface area (Å²) in [4.78, 5) is 24.5. The van der Waals surface area contributed by atoms with Gasteiger partial charge in [-0.2, -0.15) is 5.10 Å². The van der Waals surface area contributed by atoms with Crippen LogP contribution >= 0.6 is 11.8 Å². The van der Waals surface area contributed by atoms with Crippen LogP contribution in [-0.2, 0) is 6.54 Å². The zero-order chi connectivity index (χ0) is 23.3. The summed E-state index contributed by atoms with van der Waals surface area (Å²) in [5.74, 6) is 0.882. The SMILES string of the molecule is CSc1nc(N2CCCCC2)c2cnn(CCNC(=O)c3ccc(-c4ccccc4)cc3)c2n1. The van der Waals surface area contributed by atoms with Gasteiger partial charge in [-0.05, 0) is 48.8 Å². The Morgan fingerprint density at radius 1 is 0.971 bits per heavy atom. The van der Waals surface area contributed by atoms with Gasteiger partial charge in [-0.25, -0.2) is 14.6 Å². The molecule has 0 radical (unpaired) electrons. The second-order valence-electron chi connectivity index (χ2n) is 8.39. The average molecular weight is 473 g/mol. The number of hydrogen-bond acceptors (Lipinski definition) is 6. The lowest BCUT2D eigenvalue weighted by Gasteiger charge is -2.28. The number of piperidine rings is 1. The summed E-state index contributed by atoms with van der Waals surface area (Å²) in [7, 11) is 0. The number of carbonyl (C=O) groups is 1. The molecule has 0 saturated carbocycles. The quantitative estimate of drug-likeness (QED) is 0.312. The molecule has 1 aliphatic heterocycles. The number of benzene rings is 2. The molecular weight excluding hydrogens is 444 g/mol. The molecule has 5 rings (SSSR count). The first kappa shape index (κ1) is 22.4. The third-order valence-electron chi connectivity index (χ3n) is 6.16. The minimum Gasteiger partial charge on any atom is -0.356 e. The standard InChI is InChI=1S/C26H28N6OS/c1-34-26-29-23(31-15-6-3-7-16-31)22-18-28-32(24(22)30-26)17-14-27-25(33)21-12-10-20(11-13-21)19-8-4-2-5-9-19/h2,4-5,8-13,18H,3,6-7,14-17H2,1H3,(H,27,33). The molecule has 1 fully saturated rings. The van der Waals surface area contributed by atoms with Crippen molar-refractivity contribution in [3.8, 4) is 11.1 Å². The normalized spacial score (nSPS) is 13.9. The van der Waals surface area contributed by atoms with E-state index in [9.17, 15) is 4.79 Å². The molecule has 1 N–H and O–H groups in total. The third-order valence-corrected chi connectivity index (χ3v) is 6.70. The van der Waals surface area contributed by atoms with Gasteiger partial charge in [-0.3, -0.25) is 4.79 Å². The van der Waals surface area contributed by atoms with Crippen molar-refractivity contribution in [3.63, 3.8) is 0 Å². The van der Waals surface area contributed by atoms with E-state index in [1.165, 1.54) is 31.0 Å². The van der Waals surface area contributed by atoms with Crippen LogP contribution in [0.1, 0.15) is 29.6 Å². The molecule has 0 aliphatic carbocycles. The minimum absolute atomic E-state index is 0.0930. The summed E-state index contributed by atoms with van der Waals surface area (Å²) in [5.41, 5.74) is 3.69. The van der Waals surface area contributed by atoms with E-state index in [4.69, 9.17) is 9.97 Å². The molecule has 1 aliphatic rings. The van der Waals surface area contributed by atoms with Gasteiger partial charge in [0.05, 0.1) is 18.1 Å². The maximum Gasteiger partial charge on any atom is 0.251 e. The first-order chi connectivity index (χ1) is 16.7. The lowest BCUT2D eigenvalue weighted by Crippen LogP contribution is -2.30. The minimum atomic E-state index is -0.0930. The Labute approximate surface area is 203 Å². The molecule has 0 bridgehead atoms. The molecule has 2 aromatic carbocycles. The molecule has 1 saturated heterocycles. The highest BCUT2D eigenvalue weighted by molar-refractivity contribution is 7.98. The number of rotatable bonds is 7. The summed E-state index contributed by atoms with van der Waals surface area (Å²) >= 11 is 1.54. The summed E-state index contributed by atoms with van der Waals surface area (Å²) in [6.07, 6.45) is 7.49. The monoisotopic (exact) mass is 472 g/mol. The van der Waals surface area contributed by atoms with Gasteiger partial charge in [0, 0.05) is 25.2 Å². The fourth-order valence-corrected chi connectivity index (χ4v) is 4.70. The van der Waals surface area contributed by atoms with Gasteiger partial charge >= 0.3 is 0 Å². The van der Waals surface area contributed by atoms with Crippen LogP contribution < -0.4 is 10.2 Å². The highest BCUT2D eigenvalue weighted by Gasteiger charge is 2.19. The van der Waals surface area contributed by atoms with Gasteiger partial charge in [-0.1, -0.05) is 54.2 Å². The van der Waals surface area contributed by atoms with E-state index in [0.717, 1.165) is 46.2 Å². The van der Waals surface area contributed by atoms with Gasteiger partial charge < -0.3 is 10.2 Å². The molecule has 0 spiro atoms. The number of anilines is 1. The van der Waals surface area contributed by atoms with E-state index in [1.54, 1.807) is 0 Å². The molecular formula is C26H28N6OS. The highest BCUT2D eigenvalue weighted by Crippen LogP contribution is 2.28. The van der Waals surface area contributed by atoms with Crippen LogP contribution in [0.4, 0.5) is 5.82 Å². The predicted molar refractivity (Wildman–Crippen MR) is 137 cm³/mol. The molecule has 0 unspecified atom stereocenters. The molecule has 174 valence electrons. The Morgan fingerprint density at radius 3 is 2.44 bits per heavy atom. The van der Waals surface area contributed by atoms with Crippen molar-refractivity contribution in [2.24, 2.45) is 0 Å². The summed E-state index contributed by atoms with van der Waals surface area (Å²) in [6.45, 7) is 3.05. The molecule has 34 heavy (non-hydrogen) atoms. The topological polar surface area (TPSA) is 75.9 Å². The number of hydrogen-bond donors (Lipinski definition) is 1. The Hall–Kier alpha value is -3.39. The molecule has 0 atom stereocenters. The van der Waals surface area contributed by atoms with Crippen molar-refractivity contribution in [2.45, 2.75) is 31.0 Å². The third kappa shape index (κ3) is 4.77. The van der Waals surface area contributed by atoms with Crippen LogP contribution in [0, 0.1) is 0 Å². The predicted octanol–water partition coefficient (Wildman–Crippen LogP) is 4.64. The van der Waals surface area contributed by atoms with Gasteiger partial charge in [-0.15, -0.1) is 0 Å². The largest absolute Gasteiger partial charge is 0.356 e. The van der Waals surface area contributed by atoms with Crippen molar-refractivity contribution in [1.29, 1.82) is 0 Å². The van der Waals surface area contributed by atoms with Crippen LogP contribution in [-0.4, -0.2) is 51.5 Å². The van der Waals surface area contributed by atoms with E-state index in [1.807, 2.05) is 59.6 Å². The maximum absolute atomic E-state index is 12.7. The smallest absolute Gasteiger partial charge is 0.251 e. The Bertz CT molecular complexity index is 1270. The fraction of sp³-hybridized carbons (Fsp3) is 0.308. The second-order valence-corrected chi connectivity index (χ2v) is 9.16. The van der Waals surface area contributed by atoms with Crippen LogP contribution in [0.2, 0.25) is 0 Å². The lowest BCUT2D eigenvalue weighted by molar-refractivity contribution is 0.0952. The number of fused-ring (bicyclic) bond motifs is 1. The Morgan fingerprint density at radius 2 is 1.71 bits per heavy atom. The summed E-state index contributed by atoms with van der Waals surface area (Å²) < 4.78 is 1.86. The lowest BCUT2D eigenvalue weighted by atomic mass is 10.0. The maximum atomic E-state index is 12.7. The van der Waals surface area contributed by atoms with Crippen molar-refractivity contribution in [2.75, 3.05) is 30.8 Å². The average Bonchev–Trinajstić information content (AvgIpc) is 3.32. The van der Waals surface area contributed by atoms with Gasteiger partial charge in [0.2, 0.25) is 0 Å². The van der Waals surface area contributed by atoms with Crippen molar-refractivity contribution in [3.05, 3.63) is 66.4 Å². The van der Waals surface area contributed by atoms with Crippen molar-refractivity contribution >= 4 is 34.5 Å². The highest BCUT2D eigenvalue weighted by atomic mass is 32.2. The molecule has 1 amide bonds. The van der Waals surface area contributed by atoms with E-state index in [-0.39, 0.29) is 5.91 Å². The van der Waals surface area contributed by atoms with Gasteiger partial charge in [0.25, 0.3) is 5.91 Å². The Balaban J connectivity index is 1.26. The van der Waals surface area contributed by atoms with Crippen LogP contribution in [0.3, 0.4) is 0 Å². The van der Waals surface area contributed by atoms with Crippen LogP contribution in [0.15, 0.2) is 66.0 Å². The number of amides is 1. The van der Waals surface area contributed by atoms with Gasteiger partial charge in [0.1, 0.15) is 5.82 Å². The molecule has 3 heterocycles. The molecule has 2 aromatic heterocycles. The van der Waals surface area contributed by atoms with Crippen molar-refractivity contribution in [1.82, 2.24) is 25.1 Å². The summed E-state index contributed by atoms with van der Waals surface area (Å²) in [5, 5.41) is 9.30. The molecule has 4 aromatic rings.